The summed E-state index contributed by atoms with van der Waals surface area (Å²) < 4.78 is 19.6. The minimum atomic E-state index is -0.482. The SMILES string of the molecule is CC(C)(C)OC(=O)N1CCCC1CNCc1cc(F)ccc1Br. The second-order valence-corrected chi connectivity index (χ2v) is 7.69. The van der Waals surface area contributed by atoms with Gasteiger partial charge in [-0.1, -0.05) is 15.9 Å². The van der Waals surface area contributed by atoms with E-state index in [2.05, 4.69) is 21.2 Å². The molecule has 1 atom stereocenters. The molecular formula is C17H24BrFN2O2. The first kappa shape index (κ1) is 18.2. The van der Waals surface area contributed by atoms with Crippen LogP contribution in [0, 0.1) is 5.82 Å². The molecule has 128 valence electrons. The molecule has 0 aliphatic carbocycles. The van der Waals surface area contributed by atoms with Crippen LogP contribution in [0.5, 0.6) is 0 Å². The molecule has 0 radical (unpaired) electrons. The van der Waals surface area contributed by atoms with E-state index < -0.39 is 5.60 Å². The number of nitrogens with zero attached hydrogens (tertiary/aromatic N) is 1. The number of carbonyl (C=O) groups excluding carboxylic acids is 1. The minimum Gasteiger partial charge on any atom is -0.444 e. The van der Waals surface area contributed by atoms with Crippen molar-refractivity contribution in [2.24, 2.45) is 0 Å². The van der Waals surface area contributed by atoms with Gasteiger partial charge in [0.15, 0.2) is 0 Å². The molecule has 1 heterocycles. The van der Waals surface area contributed by atoms with E-state index >= 15 is 0 Å². The zero-order valence-corrected chi connectivity index (χ0v) is 15.5. The van der Waals surface area contributed by atoms with Crippen LogP contribution in [0.1, 0.15) is 39.2 Å². The molecule has 1 aliphatic rings. The van der Waals surface area contributed by atoms with Crippen LogP contribution in [0.15, 0.2) is 22.7 Å². The van der Waals surface area contributed by atoms with Crippen LogP contribution in [-0.4, -0.2) is 35.7 Å². The Hall–Kier alpha value is -1.14. The average Bonchev–Trinajstić information content (AvgIpc) is 2.89. The molecule has 1 amide bonds. The van der Waals surface area contributed by atoms with Crippen LogP contribution in [-0.2, 0) is 11.3 Å². The van der Waals surface area contributed by atoms with Gasteiger partial charge in [-0.3, -0.25) is 0 Å². The number of amides is 1. The van der Waals surface area contributed by atoms with Crippen molar-refractivity contribution in [3.8, 4) is 0 Å². The maximum absolute atomic E-state index is 13.3. The Bertz CT molecular complexity index is 560. The van der Waals surface area contributed by atoms with Gasteiger partial charge in [0.2, 0.25) is 0 Å². The van der Waals surface area contributed by atoms with Crippen molar-refractivity contribution in [2.45, 2.75) is 51.8 Å². The highest BCUT2D eigenvalue weighted by Crippen LogP contribution is 2.21. The maximum atomic E-state index is 13.3. The lowest BCUT2D eigenvalue weighted by Crippen LogP contribution is -2.44. The third kappa shape index (κ3) is 5.46. The Kier molecular flexibility index (Phi) is 6.03. The highest BCUT2D eigenvalue weighted by Gasteiger charge is 2.31. The van der Waals surface area contributed by atoms with E-state index in [9.17, 15) is 9.18 Å². The normalized spacial score (nSPS) is 18.3. The molecule has 1 fully saturated rings. The lowest BCUT2D eigenvalue weighted by Gasteiger charge is -2.28. The van der Waals surface area contributed by atoms with Crippen molar-refractivity contribution in [1.82, 2.24) is 10.2 Å². The first-order valence-electron chi connectivity index (χ1n) is 7.90. The van der Waals surface area contributed by atoms with Crippen LogP contribution in [0.2, 0.25) is 0 Å². The van der Waals surface area contributed by atoms with Crippen LogP contribution in [0.25, 0.3) is 0 Å². The van der Waals surface area contributed by atoms with Gasteiger partial charge in [0.05, 0.1) is 0 Å². The third-order valence-corrected chi connectivity index (χ3v) is 4.48. The fourth-order valence-electron chi connectivity index (χ4n) is 2.66. The topological polar surface area (TPSA) is 41.6 Å². The predicted molar refractivity (Wildman–Crippen MR) is 91.8 cm³/mol. The largest absolute Gasteiger partial charge is 0.444 e. The summed E-state index contributed by atoms with van der Waals surface area (Å²) in [7, 11) is 0. The summed E-state index contributed by atoms with van der Waals surface area (Å²) in [5, 5.41) is 3.31. The van der Waals surface area contributed by atoms with Gasteiger partial charge in [-0.05, 0) is 57.4 Å². The molecule has 1 N–H and O–H groups in total. The third-order valence-electron chi connectivity index (χ3n) is 3.71. The van der Waals surface area contributed by atoms with Crippen LogP contribution in [0.4, 0.5) is 9.18 Å². The van der Waals surface area contributed by atoms with Crippen molar-refractivity contribution in [3.63, 3.8) is 0 Å². The highest BCUT2D eigenvalue weighted by atomic mass is 79.9. The van der Waals surface area contributed by atoms with Crippen LogP contribution < -0.4 is 5.32 Å². The monoisotopic (exact) mass is 386 g/mol. The van der Waals surface area contributed by atoms with Crippen molar-refractivity contribution in [2.75, 3.05) is 13.1 Å². The second kappa shape index (κ2) is 7.62. The molecule has 0 bridgehead atoms. The summed E-state index contributed by atoms with van der Waals surface area (Å²) in [6.45, 7) is 7.56. The Balaban J connectivity index is 1.87. The highest BCUT2D eigenvalue weighted by molar-refractivity contribution is 9.10. The first-order valence-corrected chi connectivity index (χ1v) is 8.70. The molecule has 6 heteroatoms. The standard InChI is InChI=1S/C17H24BrFN2O2/c1-17(2,3)23-16(22)21-8-4-5-14(21)11-20-10-12-9-13(19)6-7-15(12)18/h6-7,9,14,20H,4-5,8,10-11H2,1-3H3. The quantitative estimate of drug-likeness (QED) is 0.847. The zero-order valence-electron chi connectivity index (χ0n) is 13.9. The van der Waals surface area contributed by atoms with Gasteiger partial charge < -0.3 is 15.0 Å². The van der Waals surface area contributed by atoms with E-state index in [0.717, 1.165) is 29.4 Å². The Morgan fingerprint density at radius 1 is 1.48 bits per heavy atom. The van der Waals surface area contributed by atoms with Gasteiger partial charge in [0, 0.05) is 30.1 Å². The van der Waals surface area contributed by atoms with Gasteiger partial charge in [-0.2, -0.15) is 0 Å². The van der Waals surface area contributed by atoms with E-state index in [1.54, 1.807) is 11.0 Å². The fraction of sp³-hybridized carbons (Fsp3) is 0.588. The number of rotatable bonds is 4. The van der Waals surface area contributed by atoms with E-state index in [1.165, 1.54) is 12.1 Å². The summed E-state index contributed by atoms with van der Waals surface area (Å²) in [4.78, 5) is 14.0. The van der Waals surface area contributed by atoms with Gasteiger partial charge in [0.25, 0.3) is 0 Å². The Morgan fingerprint density at radius 3 is 2.91 bits per heavy atom. The second-order valence-electron chi connectivity index (χ2n) is 6.84. The van der Waals surface area contributed by atoms with Crippen molar-refractivity contribution < 1.29 is 13.9 Å². The number of likely N-dealkylation sites (tertiary alicyclic amines) is 1. The molecule has 1 unspecified atom stereocenters. The van der Waals surface area contributed by atoms with E-state index in [0.29, 0.717) is 13.1 Å². The molecule has 0 saturated carbocycles. The van der Waals surface area contributed by atoms with E-state index in [4.69, 9.17) is 4.74 Å². The van der Waals surface area contributed by atoms with Crippen molar-refractivity contribution >= 4 is 22.0 Å². The van der Waals surface area contributed by atoms with Gasteiger partial charge in [0.1, 0.15) is 11.4 Å². The van der Waals surface area contributed by atoms with Gasteiger partial charge in [-0.15, -0.1) is 0 Å². The summed E-state index contributed by atoms with van der Waals surface area (Å²) in [6, 6.07) is 4.76. The zero-order chi connectivity index (χ0) is 17.0. The number of hydrogen-bond acceptors (Lipinski definition) is 3. The molecule has 1 aliphatic heterocycles. The molecule has 0 spiro atoms. The Labute approximate surface area is 145 Å². The molecule has 1 aromatic carbocycles. The maximum Gasteiger partial charge on any atom is 0.410 e. The molecular weight excluding hydrogens is 363 g/mol. The van der Waals surface area contributed by atoms with E-state index in [1.807, 2.05) is 20.8 Å². The molecule has 1 aromatic rings. The minimum absolute atomic E-state index is 0.122. The number of halogens is 2. The average molecular weight is 387 g/mol. The predicted octanol–water partition coefficient (Wildman–Crippen LogP) is 4.08. The van der Waals surface area contributed by atoms with Crippen LogP contribution >= 0.6 is 15.9 Å². The molecule has 0 aromatic heterocycles. The molecule has 23 heavy (non-hydrogen) atoms. The number of carbonyl (C=O) groups is 1. The summed E-state index contributed by atoms with van der Waals surface area (Å²) >= 11 is 3.42. The molecule has 4 nitrogen and oxygen atoms in total. The molecule has 1 saturated heterocycles. The van der Waals surface area contributed by atoms with Crippen LogP contribution in [0.3, 0.4) is 0 Å². The fourth-order valence-corrected chi connectivity index (χ4v) is 3.05. The number of hydrogen-bond donors (Lipinski definition) is 1. The summed E-state index contributed by atoms with van der Waals surface area (Å²) in [6.07, 6.45) is 1.68. The number of benzene rings is 1. The smallest absolute Gasteiger partial charge is 0.410 e. The summed E-state index contributed by atoms with van der Waals surface area (Å²) in [5.74, 6) is -0.249. The lowest BCUT2D eigenvalue weighted by atomic mass is 10.2. The van der Waals surface area contributed by atoms with E-state index in [-0.39, 0.29) is 18.0 Å². The van der Waals surface area contributed by atoms with Crippen molar-refractivity contribution in [1.29, 1.82) is 0 Å². The summed E-state index contributed by atoms with van der Waals surface area (Å²) in [5.41, 5.74) is 0.385. The van der Waals surface area contributed by atoms with Crippen molar-refractivity contribution in [3.05, 3.63) is 34.1 Å². The van der Waals surface area contributed by atoms with Gasteiger partial charge in [-0.25, -0.2) is 9.18 Å². The first-order chi connectivity index (χ1) is 10.8. The Morgan fingerprint density at radius 2 is 2.22 bits per heavy atom. The number of ether oxygens (including phenoxy) is 1. The lowest BCUT2D eigenvalue weighted by molar-refractivity contribution is 0.0226. The molecule has 2 rings (SSSR count). The van der Waals surface area contributed by atoms with Gasteiger partial charge >= 0.3 is 6.09 Å². The number of nitrogens with one attached hydrogen (secondary N) is 1.